The van der Waals surface area contributed by atoms with Crippen molar-refractivity contribution in [3.8, 4) is 5.75 Å². The number of phenols is 1. The van der Waals surface area contributed by atoms with E-state index >= 15 is 4.79 Å². The van der Waals surface area contributed by atoms with Crippen molar-refractivity contribution < 1.29 is 42.3 Å². The lowest BCUT2D eigenvalue weighted by atomic mass is 9.49. The molecule has 10 nitrogen and oxygen atoms in total. The number of imide groups is 2. The molecule has 4 amide bonds. The summed E-state index contributed by atoms with van der Waals surface area (Å²) in [7, 11) is 0. The number of hydrazine groups is 1. The van der Waals surface area contributed by atoms with E-state index in [1.54, 1.807) is 66.7 Å². The number of alkyl halides is 3. The number of rotatable bonds is 7. The summed E-state index contributed by atoms with van der Waals surface area (Å²) in [6.07, 6.45) is -2.48. The van der Waals surface area contributed by atoms with Crippen molar-refractivity contribution in [2.75, 3.05) is 10.3 Å². The lowest BCUT2D eigenvalue weighted by Crippen LogP contribution is -2.53. The van der Waals surface area contributed by atoms with Crippen LogP contribution in [0.2, 0.25) is 15.1 Å². The maximum atomic E-state index is 15.4. The van der Waals surface area contributed by atoms with Gasteiger partial charge in [-0.05, 0) is 84.5 Å². The number of fused-ring (bicyclic) bond motifs is 4. The topological polar surface area (TPSA) is 137 Å². The van der Waals surface area contributed by atoms with E-state index in [1.807, 2.05) is 6.08 Å². The molecule has 308 valence electrons. The number of pyridine rings is 1. The van der Waals surface area contributed by atoms with Gasteiger partial charge in [-0.1, -0.05) is 95.0 Å². The number of hydrogen-bond donors (Lipinski definition) is 2. The molecule has 61 heavy (non-hydrogen) atoms. The van der Waals surface area contributed by atoms with Gasteiger partial charge in [-0.15, -0.1) is 0 Å². The number of benzene rings is 4. The average molecular weight is 886 g/mol. The van der Waals surface area contributed by atoms with Crippen molar-refractivity contribution in [2.24, 2.45) is 23.7 Å². The van der Waals surface area contributed by atoms with Crippen molar-refractivity contribution in [1.29, 1.82) is 0 Å². The molecule has 2 N–H and O–H groups in total. The molecule has 0 unspecified atom stereocenters. The van der Waals surface area contributed by atoms with Crippen LogP contribution in [0.4, 0.5) is 24.7 Å². The molecule has 1 aromatic heterocycles. The van der Waals surface area contributed by atoms with Gasteiger partial charge in [0.25, 0.3) is 11.8 Å². The number of nitrogens with one attached hydrogen (secondary N) is 1. The number of aromatic nitrogens is 1. The molecule has 0 bridgehead atoms. The molecule has 2 aliphatic heterocycles. The van der Waals surface area contributed by atoms with Crippen LogP contribution < -0.4 is 10.3 Å². The predicted molar refractivity (Wildman–Crippen MR) is 219 cm³/mol. The van der Waals surface area contributed by atoms with Gasteiger partial charge in [0.1, 0.15) is 5.75 Å². The van der Waals surface area contributed by atoms with Gasteiger partial charge in [0.15, 0.2) is 11.6 Å². The van der Waals surface area contributed by atoms with Gasteiger partial charge in [0.05, 0.1) is 39.4 Å². The summed E-state index contributed by atoms with van der Waals surface area (Å²) >= 11 is 19.5. The van der Waals surface area contributed by atoms with E-state index in [0.717, 1.165) is 4.90 Å². The number of ketones is 1. The molecule has 5 aromatic rings. The van der Waals surface area contributed by atoms with Crippen molar-refractivity contribution in [1.82, 2.24) is 9.99 Å². The van der Waals surface area contributed by atoms with E-state index in [9.17, 15) is 37.5 Å². The van der Waals surface area contributed by atoms with E-state index in [2.05, 4.69) is 10.4 Å². The number of carbonyl (C=O) groups excluding carboxylic acids is 5. The van der Waals surface area contributed by atoms with Crippen LogP contribution in [-0.2, 0) is 30.8 Å². The Bertz CT molecular complexity index is 2720. The summed E-state index contributed by atoms with van der Waals surface area (Å²) in [4.78, 5) is 77.3. The molecular weight excluding hydrogens is 856 g/mol. The van der Waals surface area contributed by atoms with Gasteiger partial charge >= 0.3 is 6.18 Å². The Morgan fingerprint density at radius 3 is 2.15 bits per heavy atom. The maximum Gasteiger partial charge on any atom is 0.417 e. The second-order valence-electron chi connectivity index (χ2n) is 15.4. The van der Waals surface area contributed by atoms with Crippen molar-refractivity contribution in [3.05, 3.63) is 164 Å². The highest BCUT2D eigenvalue weighted by atomic mass is 35.5. The summed E-state index contributed by atoms with van der Waals surface area (Å²) in [5.74, 6) is -8.44. The van der Waals surface area contributed by atoms with Crippen LogP contribution in [0, 0.1) is 23.7 Å². The molecule has 6 atom stereocenters. The first-order valence-electron chi connectivity index (χ1n) is 19.0. The lowest BCUT2D eigenvalue weighted by Gasteiger charge is -2.50. The second-order valence-corrected chi connectivity index (χ2v) is 16.6. The van der Waals surface area contributed by atoms with E-state index in [0.29, 0.717) is 50.1 Å². The van der Waals surface area contributed by atoms with Crippen LogP contribution in [0.3, 0.4) is 0 Å². The lowest BCUT2D eigenvalue weighted by molar-refractivity contribution is -0.139. The van der Waals surface area contributed by atoms with Crippen LogP contribution in [0.5, 0.6) is 5.75 Å². The fourth-order valence-corrected chi connectivity index (χ4v) is 10.3. The Morgan fingerprint density at radius 1 is 0.803 bits per heavy atom. The fraction of sp³-hybridized carbons (Fsp3) is 0.200. The van der Waals surface area contributed by atoms with E-state index in [1.165, 1.54) is 30.3 Å². The Morgan fingerprint density at radius 2 is 1.49 bits per heavy atom. The van der Waals surface area contributed by atoms with Crippen LogP contribution >= 0.6 is 34.8 Å². The van der Waals surface area contributed by atoms with Gasteiger partial charge in [-0.2, -0.15) is 18.2 Å². The molecule has 2 aliphatic carbocycles. The Balaban J connectivity index is 1.16. The number of halogens is 6. The highest BCUT2D eigenvalue weighted by Crippen LogP contribution is 2.65. The number of allylic oxidation sites excluding steroid dienone is 2. The third-order valence-corrected chi connectivity index (χ3v) is 13.1. The second kappa shape index (κ2) is 14.9. The average Bonchev–Trinajstić information content (AvgIpc) is 3.62. The standard InChI is InChI=1S/C45H30Cl3F3N4O6/c46-26-10-8-24(9-11-26)44-33(41(59)55(43(44)61)53-39-35(48)18-25(21-52-39)45(49,50)51)20-32-29(37(44)30-15-14-28(56)19-34(30)47)16-17-31-36(32)42(60)54(40(31)58)27-12-6-23(7-13-27)38(57)22-4-2-1-3-5-22/h1-16,18-19,21,31-33,36-37,56H,17,20H2,(H,52,53)/t31-,32+,33-,36-,37+,44+/m0/s1. The minimum atomic E-state index is -4.78. The quantitative estimate of drug-likeness (QED) is 0.0939. The predicted octanol–water partition coefficient (Wildman–Crippen LogP) is 9.19. The first-order chi connectivity index (χ1) is 29.1. The maximum absolute atomic E-state index is 15.4. The number of amides is 4. The van der Waals surface area contributed by atoms with Crippen LogP contribution in [0.1, 0.15) is 51.4 Å². The zero-order valence-corrected chi connectivity index (χ0v) is 33.6. The first-order valence-corrected chi connectivity index (χ1v) is 20.1. The van der Waals surface area contributed by atoms with E-state index in [-0.39, 0.29) is 35.1 Å². The summed E-state index contributed by atoms with van der Waals surface area (Å²) in [5.41, 5.74) is 1.92. The highest BCUT2D eigenvalue weighted by Gasteiger charge is 2.70. The van der Waals surface area contributed by atoms with Crippen molar-refractivity contribution >= 4 is 75.7 Å². The van der Waals surface area contributed by atoms with Gasteiger partial charge in [0.2, 0.25) is 11.8 Å². The molecule has 2 saturated heterocycles. The largest absolute Gasteiger partial charge is 0.508 e. The van der Waals surface area contributed by atoms with Crippen LogP contribution in [0.25, 0.3) is 0 Å². The number of carbonyl (C=O) groups is 5. The minimum Gasteiger partial charge on any atom is -0.508 e. The van der Waals surface area contributed by atoms with Gasteiger partial charge < -0.3 is 5.11 Å². The van der Waals surface area contributed by atoms with Gasteiger partial charge in [-0.3, -0.25) is 34.3 Å². The Kier molecular flexibility index (Phi) is 9.84. The van der Waals surface area contributed by atoms with Gasteiger partial charge in [-0.25, -0.2) is 4.98 Å². The Hall–Kier alpha value is -6.02. The normalized spacial score (nSPS) is 24.6. The zero-order valence-electron chi connectivity index (χ0n) is 31.4. The fourth-order valence-electron chi connectivity index (χ4n) is 9.65. The van der Waals surface area contributed by atoms with Crippen molar-refractivity contribution in [2.45, 2.75) is 30.4 Å². The molecular formula is C45H30Cl3F3N4O6. The summed E-state index contributed by atoms with van der Waals surface area (Å²) in [6.45, 7) is 0. The molecule has 3 heterocycles. The van der Waals surface area contributed by atoms with Gasteiger partial charge in [0, 0.05) is 33.3 Å². The monoisotopic (exact) mass is 884 g/mol. The molecule has 3 fully saturated rings. The zero-order chi connectivity index (χ0) is 43.1. The summed E-state index contributed by atoms with van der Waals surface area (Å²) in [5, 5.41) is 11.0. The number of aromatic hydroxyl groups is 1. The SMILES string of the molecule is O=C(c1ccccc1)c1ccc(N2C(=O)[C@H]3[C@H](CC=C4[C@H]3C[C@H]3C(=O)N(Nc5ncc(C(F)(F)F)cc5Cl)C(=O)[C@@]3(c3ccc(Cl)cc3)[C@H]4c3ccc(O)cc3Cl)C2=O)cc1. The smallest absolute Gasteiger partial charge is 0.417 e. The number of anilines is 2. The third-order valence-electron chi connectivity index (χ3n) is 12.3. The Labute approximate surface area is 360 Å². The third kappa shape index (κ3) is 6.40. The minimum absolute atomic E-state index is 0.0421. The molecule has 0 spiro atoms. The highest BCUT2D eigenvalue weighted by molar-refractivity contribution is 6.33. The molecule has 4 aliphatic rings. The molecule has 0 radical (unpaired) electrons. The molecule has 9 rings (SSSR count). The number of nitrogens with zero attached hydrogens (tertiary/aromatic N) is 3. The van der Waals surface area contributed by atoms with E-state index < -0.39 is 81.2 Å². The molecule has 16 heteroatoms. The molecule has 1 saturated carbocycles. The number of hydrogen-bond acceptors (Lipinski definition) is 8. The summed E-state index contributed by atoms with van der Waals surface area (Å²) < 4.78 is 40.6. The summed E-state index contributed by atoms with van der Waals surface area (Å²) in [6, 6.07) is 25.9. The number of phenolic OH excluding ortho intramolecular Hbond substituents is 1. The van der Waals surface area contributed by atoms with E-state index in [4.69, 9.17) is 34.8 Å². The molecule has 4 aromatic carbocycles. The first kappa shape index (κ1) is 40.4. The van der Waals surface area contributed by atoms with Crippen LogP contribution in [-0.4, -0.2) is 44.5 Å². The van der Waals surface area contributed by atoms with Crippen LogP contribution in [0.15, 0.2) is 121 Å². The van der Waals surface area contributed by atoms with Crippen molar-refractivity contribution in [3.63, 3.8) is 0 Å².